The van der Waals surface area contributed by atoms with E-state index in [1.807, 2.05) is 6.92 Å². The van der Waals surface area contributed by atoms with Crippen molar-refractivity contribution in [1.82, 2.24) is 10.6 Å². The second-order valence-electron chi connectivity index (χ2n) is 4.86. The first-order valence-corrected chi connectivity index (χ1v) is 6.96. The standard InChI is InChI=1S/C16H21FN2O2/c1-4-9-18-16(21)12(3)19-15(20)10-11(2)13-5-7-14(17)8-6-13/h5-8,10,12H,4,9H2,1-3H3,(H,18,21)(H,19,20)/b11-10+/t12-/m1/s1. The van der Waals surface area contributed by atoms with Crippen LogP contribution in [0.4, 0.5) is 4.39 Å². The van der Waals surface area contributed by atoms with Crippen LogP contribution in [0, 0.1) is 5.82 Å². The molecule has 0 aromatic heterocycles. The highest BCUT2D eigenvalue weighted by Crippen LogP contribution is 2.13. The molecule has 0 saturated carbocycles. The minimum Gasteiger partial charge on any atom is -0.354 e. The van der Waals surface area contributed by atoms with Crippen LogP contribution in [0.5, 0.6) is 0 Å². The van der Waals surface area contributed by atoms with Gasteiger partial charge in [0.25, 0.3) is 0 Å². The lowest BCUT2D eigenvalue weighted by molar-refractivity contribution is -0.126. The van der Waals surface area contributed by atoms with Crippen molar-refractivity contribution in [3.8, 4) is 0 Å². The average Bonchev–Trinajstić information content (AvgIpc) is 2.45. The predicted octanol–water partition coefficient (Wildman–Crippen LogP) is 2.26. The maximum Gasteiger partial charge on any atom is 0.244 e. The van der Waals surface area contributed by atoms with Crippen LogP contribution in [-0.2, 0) is 9.59 Å². The molecule has 0 radical (unpaired) electrons. The molecule has 0 saturated heterocycles. The van der Waals surface area contributed by atoms with Crippen molar-refractivity contribution >= 4 is 17.4 Å². The molecule has 0 aliphatic rings. The van der Waals surface area contributed by atoms with Crippen LogP contribution < -0.4 is 10.6 Å². The van der Waals surface area contributed by atoms with Gasteiger partial charge in [-0.1, -0.05) is 19.1 Å². The largest absolute Gasteiger partial charge is 0.354 e. The molecule has 21 heavy (non-hydrogen) atoms. The second-order valence-corrected chi connectivity index (χ2v) is 4.86. The summed E-state index contributed by atoms with van der Waals surface area (Å²) in [6.07, 6.45) is 2.24. The maximum atomic E-state index is 12.8. The van der Waals surface area contributed by atoms with Crippen LogP contribution in [0.25, 0.3) is 5.57 Å². The third-order valence-corrected chi connectivity index (χ3v) is 2.95. The summed E-state index contributed by atoms with van der Waals surface area (Å²) in [6, 6.07) is 5.29. The predicted molar refractivity (Wildman–Crippen MR) is 81.0 cm³/mol. The van der Waals surface area contributed by atoms with Gasteiger partial charge in [0, 0.05) is 12.6 Å². The van der Waals surface area contributed by atoms with Gasteiger partial charge in [-0.2, -0.15) is 0 Å². The molecule has 0 fully saturated rings. The molecule has 0 unspecified atom stereocenters. The van der Waals surface area contributed by atoms with Crippen molar-refractivity contribution in [2.24, 2.45) is 0 Å². The van der Waals surface area contributed by atoms with E-state index < -0.39 is 6.04 Å². The number of hydrogen-bond acceptors (Lipinski definition) is 2. The quantitative estimate of drug-likeness (QED) is 0.790. The van der Waals surface area contributed by atoms with Crippen molar-refractivity contribution in [2.45, 2.75) is 33.2 Å². The minimum absolute atomic E-state index is 0.210. The fourth-order valence-corrected chi connectivity index (χ4v) is 1.71. The molecule has 2 N–H and O–H groups in total. The van der Waals surface area contributed by atoms with E-state index in [1.165, 1.54) is 18.2 Å². The summed E-state index contributed by atoms with van der Waals surface area (Å²) >= 11 is 0. The van der Waals surface area contributed by atoms with Gasteiger partial charge in [0.05, 0.1) is 0 Å². The van der Waals surface area contributed by atoms with Gasteiger partial charge in [0.1, 0.15) is 11.9 Å². The van der Waals surface area contributed by atoms with E-state index in [0.717, 1.165) is 12.0 Å². The Labute approximate surface area is 124 Å². The zero-order chi connectivity index (χ0) is 15.8. The van der Waals surface area contributed by atoms with E-state index >= 15 is 0 Å². The minimum atomic E-state index is -0.596. The average molecular weight is 292 g/mol. The topological polar surface area (TPSA) is 58.2 Å². The Kier molecular flexibility index (Phi) is 6.59. The first-order valence-electron chi connectivity index (χ1n) is 6.96. The lowest BCUT2D eigenvalue weighted by atomic mass is 10.1. The van der Waals surface area contributed by atoms with E-state index in [4.69, 9.17) is 0 Å². The number of nitrogens with one attached hydrogen (secondary N) is 2. The van der Waals surface area contributed by atoms with E-state index in [0.29, 0.717) is 12.1 Å². The Morgan fingerprint density at radius 3 is 2.48 bits per heavy atom. The van der Waals surface area contributed by atoms with Crippen LogP contribution >= 0.6 is 0 Å². The Balaban J connectivity index is 2.61. The van der Waals surface area contributed by atoms with E-state index in [9.17, 15) is 14.0 Å². The Bertz CT molecular complexity index is 524. The van der Waals surface area contributed by atoms with Crippen LogP contribution in [0.1, 0.15) is 32.8 Å². The molecular weight excluding hydrogens is 271 g/mol. The summed E-state index contributed by atoms with van der Waals surface area (Å²) < 4.78 is 12.8. The van der Waals surface area contributed by atoms with Gasteiger partial charge in [-0.05, 0) is 43.5 Å². The number of carbonyl (C=O) groups is 2. The second kappa shape index (κ2) is 8.19. The summed E-state index contributed by atoms with van der Waals surface area (Å²) in [5.74, 6) is -0.883. The van der Waals surface area contributed by atoms with Crippen LogP contribution in [0.2, 0.25) is 0 Å². The number of amides is 2. The number of carbonyl (C=O) groups excluding carboxylic acids is 2. The SMILES string of the molecule is CCCNC(=O)[C@@H](C)NC(=O)/C=C(\C)c1ccc(F)cc1. The molecule has 4 nitrogen and oxygen atoms in total. The van der Waals surface area contributed by atoms with Gasteiger partial charge in [-0.15, -0.1) is 0 Å². The molecule has 5 heteroatoms. The van der Waals surface area contributed by atoms with Crippen LogP contribution in [0.15, 0.2) is 30.3 Å². The highest BCUT2D eigenvalue weighted by Gasteiger charge is 2.13. The number of rotatable bonds is 6. The lowest BCUT2D eigenvalue weighted by Gasteiger charge is -2.12. The van der Waals surface area contributed by atoms with Crippen molar-refractivity contribution < 1.29 is 14.0 Å². The van der Waals surface area contributed by atoms with E-state index in [-0.39, 0.29) is 17.6 Å². The van der Waals surface area contributed by atoms with Crippen LogP contribution in [-0.4, -0.2) is 24.4 Å². The fraction of sp³-hybridized carbons (Fsp3) is 0.375. The fourth-order valence-electron chi connectivity index (χ4n) is 1.71. The molecule has 0 aliphatic carbocycles. The van der Waals surface area contributed by atoms with Gasteiger partial charge in [-0.25, -0.2) is 4.39 Å². The number of halogens is 1. The molecule has 1 aromatic rings. The molecule has 114 valence electrons. The normalized spacial score (nSPS) is 12.7. The molecule has 0 aliphatic heterocycles. The van der Waals surface area contributed by atoms with Gasteiger partial charge in [0.15, 0.2) is 0 Å². The third kappa shape index (κ3) is 5.77. The molecule has 2 amide bonds. The summed E-state index contributed by atoms with van der Waals surface area (Å²) in [6.45, 7) is 5.93. The van der Waals surface area contributed by atoms with Gasteiger partial charge < -0.3 is 10.6 Å². The summed E-state index contributed by atoms with van der Waals surface area (Å²) in [4.78, 5) is 23.5. The Hall–Kier alpha value is -2.17. The highest BCUT2D eigenvalue weighted by molar-refractivity contribution is 5.97. The molecule has 1 atom stereocenters. The summed E-state index contributed by atoms with van der Waals surface area (Å²) in [5.41, 5.74) is 1.46. The number of allylic oxidation sites excluding steroid dienone is 1. The third-order valence-electron chi connectivity index (χ3n) is 2.95. The smallest absolute Gasteiger partial charge is 0.244 e. The molecular formula is C16H21FN2O2. The monoisotopic (exact) mass is 292 g/mol. The number of hydrogen-bond donors (Lipinski definition) is 2. The highest BCUT2D eigenvalue weighted by atomic mass is 19.1. The molecule has 0 heterocycles. The van der Waals surface area contributed by atoms with Crippen molar-refractivity contribution in [2.75, 3.05) is 6.54 Å². The van der Waals surface area contributed by atoms with Gasteiger partial charge in [0.2, 0.25) is 11.8 Å². The zero-order valence-corrected chi connectivity index (χ0v) is 12.6. The van der Waals surface area contributed by atoms with Crippen molar-refractivity contribution in [1.29, 1.82) is 0 Å². The van der Waals surface area contributed by atoms with Crippen LogP contribution in [0.3, 0.4) is 0 Å². The molecule has 1 rings (SSSR count). The Morgan fingerprint density at radius 1 is 1.29 bits per heavy atom. The zero-order valence-electron chi connectivity index (χ0n) is 12.6. The van der Waals surface area contributed by atoms with Gasteiger partial charge >= 0.3 is 0 Å². The van der Waals surface area contributed by atoms with Gasteiger partial charge in [-0.3, -0.25) is 9.59 Å². The van der Waals surface area contributed by atoms with E-state index in [1.54, 1.807) is 26.0 Å². The summed E-state index contributed by atoms with van der Waals surface area (Å²) in [7, 11) is 0. The number of benzene rings is 1. The van der Waals surface area contributed by atoms with Crippen molar-refractivity contribution in [3.63, 3.8) is 0 Å². The maximum absolute atomic E-state index is 12.8. The van der Waals surface area contributed by atoms with E-state index in [2.05, 4.69) is 10.6 Å². The Morgan fingerprint density at radius 2 is 1.90 bits per heavy atom. The molecule has 0 spiro atoms. The molecule has 1 aromatic carbocycles. The van der Waals surface area contributed by atoms with Crippen molar-refractivity contribution in [3.05, 3.63) is 41.7 Å². The first-order chi connectivity index (χ1) is 9.93. The summed E-state index contributed by atoms with van der Waals surface area (Å²) in [5, 5.41) is 5.31. The lowest BCUT2D eigenvalue weighted by Crippen LogP contribution is -2.44. The first kappa shape index (κ1) is 16.9. The molecule has 0 bridgehead atoms.